The van der Waals surface area contributed by atoms with E-state index in [0.29, 0.717) is 24.2 Å². The second-order valence-corrected chi connectivity index (χ2v) is 7.41. The fourth-order valence-electron chi connectivity index (χ4n) is 2.47. The summed E-state index contributed by atoms with van der Waals surface area (Å²) in [5.74, 6) is -0.351. The van der Waals surface area contributed by atoms with Crippen molar-refractivity contribution in [2.45, 2.75) is 37.9 Å². The van der Waals surface area contributed by atoms with E-state index in [1.807, 2.05) is 13.0 Å². The molecule has 0 saturated carbocycles. The van der Waals surface area contributed by atoms with Gasteiger partial charge in [-0.2, -0.15) is 0 Å². The predicted molar refractivity (Wildman–Crippen MR) is 80.3 cm³/mol. The summed E-state index contributed by atoms with van der Waals surface area (Å²) in [5, 5.41) is 1.73. The largest absolute Gasteiger partial charge is 0.398 e. The zero-order valence-corrected chi connectivity index (χ0v) is 12.4. The van der Waals surface area contributed by atoms with E-state index < -0.39 is 21.0 Å². The smallest absolute Gasteiger partial charge is 0.242 e. The summed E-state index contributed by atoms with van der Waals surface area (Å²) in [6.45, 7) is 2.00. The summed E-state index contributed by atoms with van der Waals surface area (Å²) < 4.78 is 23.8. The number of anilines is 2. The van der Waals surface area contributed by atoms with Crippen LogP contribution in [0.15, 0.2) is 18.2 Å². The van der Waals surface area contributed by atoms with Gasteiger partial charge in [0.2, 0.25) is 5.91 Å². The highest BCUT2D eigenvalue weighted by Crippen LogP contribution is 2.23. The van der Waals surface area contributed by atoms with Crippen LogP contribution in [-0.2, 0) is 21.1 Å². The van der Waals surface area contributed by atoms with Crippen LogP contribution in [0.5, 0.6) is 0 Å². The van der Waals surface area contributed by atoms with Gasteiger partial charge >= 0.3 is 0 Å². The Kier molecular flexibility index (Phi) is 4.32. The third-order valence-electron chi connectivity index (χ3n) is 3.67. The number of hydrogen-bond donors (Lipinski definition) is 2. The third-order valence-corrected chi connectivity index (χ3v) is 5.84. The summed E-state index contributed by atoms with van der Waals surface area (Å²) in [6.07, 6.45) is 2.63. The van der Waals surface area contributed by atoms with E-state index >= 15 is 0 Å². The standard InChI is InChI=1S/C14H20N2O3S/c1-2-10-6-7-11(9-12(10)15)16-14(17)13-5-3-4-8-20(13,18)19/h6-7,9,13H,2-5,8,15H2,1H3,(H,16,17). The van der Waals surface area contributed by atoms with E-state index in [2.05, 4.69) is 5.32 Å². The molecule has 1 amide bonds. The molecule has 1 atom stereocenters. The topological polar surface area (TPSA) is 89.3 Å². The van der Waals surface area contributed by atoms with E-state index in [9.17, 15) is 13.2 Å². The van der Waals surface area contributed by atoms with Gasteiger partial charge in [-0.15, -0.1) is 0 Å². The van der Waals surface area contributed by atoms with Crippen LogP contribution in [0.3, 0.4) is 0 Å². The van der Waals surface area contributed by atoms with Gasteiger partial charge in [-0.3, -0.25) is 4.79 Å². The number of nitrogen functional groups attached to an aromatic ring is 1. The first kappa shape index (κ1) is 14.8. The molecule has 1 unspecified atom stereocenters. The molecule has 0 aromatic heterocycles. The van der Waals surface area contributed by atoms with Crippen LogP contribution in [0, 0.1) is 0 Å². The number of carbonyl (C=O) groups excluding carboxylic acids is 1. The van der Waals surface area contributed by atoms with Gasteiger partial charge in [-0.25, -0.2) is 8.42 Å². The van der Waals surface area contributed by atoms with Crippen LogP contribution in [0.4, 0.5) is 11.4 Å². The van der Waals surface area contributed by atoms with Gasteiger partial charge in [0.25, 0.3) is 0 Å². The average molecular weight is 296 g/mol. The first-order valence-corrected chi connectivity index (χ1v) is 8.56. The Morgan fingerprint density at radius 3 is 2.75 bits per heavy atom. The first-order valence-electron chi connectivity index (χ1n) is 6.85. The molecule has 0 radical (unpaired) electrons. The molecule has 1 saturated heterocycles. The van der Waals surface area contributed by atoms with E-state index in [1.54, 1.807) is 12.1 Å². The maximum Gasteiger partial charge on any atom is 0.242 e. The lowest BCUT2D eigenvalue weighted by Gasteiger charge is -2.21. The molecule has 1 aliphatic heterocycles. The van der Waals surface area contributed by atoms with Crippen LogP contribution in [0.2, 0.25) is 0 Å². The molecule has 1 aliphatic rings. The minimum atomic E-state index is -3.31. The lowest BCUT2D eigenvalue weighted by Crippen LogP contribution is -2.39. The molecule has 1 aromatic rings. The van der Waals surface area contributed by atoms with Crippen molar-refractivity contribution in [1.29, 1.82) is 0 Å². The van der Waals surface area contributed by atoms with Crippen LogP contribution in [0.25, 0.3) is 0 Å². The second-order valence-electron chi connectivity index (χ2n) is 5.11. The molecule has 1 heterocycles. The van der Waals surface area contributed by atoms with Crippen molar-refractivity contribution in [2.75, 3.05) is 16.8 Å². The fraction of sp³-hybridized carbons (Fsp3) is 0.500. The number of sulfone groups is 1. The van der Waals surface area contributed by atoms with Gasteiger partial charge in [0, 0.05) is 11.4 Å². The quantitative estimate of drug-likeness (QED) is 0.831. The van der Waals surface area contributed by atoms with Crippen molar-refractivity contribution in [2.24, 2.45) is 0 Å². The zero-order valence-electron chi connectivity index (χ0n) is 11.6. The number of hydrogen-bond acceptors (Lipinski definition) is 4. The van der Waals surface area contributed by atoms with Crippen LogP contribution in [-0.4, -0.2) is 25.3 Å². The minimum absolute atomic E-state index is 0.0992. The van der Waals surface area contributed by atoms with Gasteiger partial charge < -0.3 is 11.1 Å². The highest BCUT2D eigenvalue weighted by molar-refractivity contribution is 7.92. The maximum absolute atomic E-state index is 12.1. The first-order chi connectivity index (χ1) is 9.44. The summed E-state index contributed by atoms with van der Waals surface area (Å²) in [4.78, 5) is 12.1. The number of nitrogens with two attached hydrogens (primary N) is 1. The predicted octanol–water partition coefficient (Wildman–Crippen LogP) is 1.74. The van der Waals surface area contributed by atoms with Crippen molar-refractivity contribution in [3.8, 4) is 0 Å². The summed E-state index contributed by atoms with van der Waals surface area (Å²) in [6, 6.07) is 5.27. The van der Waals surface area contributed by atoms with Crippen molar-refractivity contribution in [1.82, 2.24) is 0 Å². The summed E-state index contributed by atoms with van der Waals surface area (Å²) in [5.41, 5.74) is 8.03. The Morgan fingerprint density at radius 2 is 2.15 bits per heavy atom. The molecule has 0 aliphatic carbocycles. The van der Waals surface area contributed by atoms with Gasteiger partial charge in [-0.1, -0.05) is 19.4 Å². The Bertz CT molecular complexity index is 611. The molecule has 0 spiro atoms. The Labute approximate surface area is 119 Å². The molecular weight excluding hydrogens is 276 g/mol. The van der Waals surface area contributed by atoms with E-state index in [1.165, 1.54) is 0 Å². The highest BCUT2D eigenvalue weighted by atomic mass is 32.2. The van der Waals surface area contributed by atoms with E-state index in [0.717, 1.165) is 18.4 Å². The fourth-order valence-corrected chi connectivity index (χ4v) is 4.27. The van der Waals surface area contributed by atoms with Crippen LogP contribution >= 0.6 is 0 Å². The van der Waals surface area contributed by atoms with Crippen molar-refractivity contribution in [3.63, 3.8) is 0 Å². The van der Waals surface area contributed by atoms with Gasteiger partial charge in [-0.05, 0) is 37.0 Å². The molecule has 5 nitrogen and oxygen atoms in total. The minimum Gasteiger partial charge on any atom is -0.398 e. The monoisotopic (exact) mass is 296 g/mol. The van der Waals surface area contributed by atoms with E-state index in [-0.39, 0.29) is 5.75 Å². The average Bonchev–Trinajstić information content (AvgIpc) is 2.38. The van der Waals surface area contributed by atoms with Gasteiger partial charge in [0.05, 0.1) is 5.75 Å². The molecule has 1 fully saturated rings. The van der Waals surface area contributed by atoms with Crippen molar-refractivity contribution in [3.05, 3.63) is 23.8 Å². The van der Waals surface area contributed by atoms with Crippen LogP contribution in [0.1, 0.15) is 31.7 Å². The number of aryl methyl sites for hydroxylation is 1. The zero-order chi connectivity index (χ0) is 14.8. The van der Waals surface area contributed by atoms with Gasteiger partial charge in [0.15, 0.2) is 9.84 Å². The summed E-state index contributed by atoms with van der Waals surface area (Å²) in [7, 11) is -3.31. The van der Waals surface area contributed by atoms with E-state index in [4.69, 9.17) is 5.73 Å². The Morgan fingerprint density at radius 1 is 1.40 bits per heavy atom. The Balaban J connectivity index is 2.13. The van der Waals surface area contributed by atoms with Crippen molar-refractivity contribution < 1.29 is 13.2 Å². The molecule has 110 valence electrons. The van der Waals surface area contributed by atoms with Gasteiger partial charge in [0.1, 0.15) is 5.25 Å². The number of rotatable bonds is 3. The molecule has 3 N–H and O–H groups in total. The van der Waals surface area contributed by atoms with Crippen molar-refractivity contribution >= 4 is 27.1 Å². The number of carbonyl (C=O) groups is 1. The molecule has 20 heavy (non-hydrogen) atoms. The number of benzene rings is 1. The summed E-state index contributed by atoms with van der Waals surface area (Å²) >= 11 is 0. The molecular formula is C14H20N2O3S. The lowest BCUT2D eigenvalue weighted by atomic mass is 10.1. The molecule has 1 aromatic carbocycles. The molecule has 6 heteroatoms. The molecule has 2 rings (SSSR count). The SMILES string of the molecule is CCc1ccc(NC(=O)C2CCCCS2(=O)=O)cc1N. The normalized spacial score (nSPS) is 21.4. The number of nitrogens with one attached hydrogen (secondary N) is 1. The Hall–Kier alpha value is -1.56. The third kappa shape index (κ3) is 3.12. The molecule has 0 bridgehead atoms. The number of amides is 1. The van der Waals surface area contributed by atoms with Crippen LogP contribution < -0.4 is 11.1 Å². The lowest BCUT2D eigenvalue weighted by molar-refractivity contribution is -0.116. The maximum atomic E-state index is 12.1. The highest BCUT2D eigenvalue weighted by Gasteiger charge is 2.34. The second kappa shape index (κ2) is 5.83.